The van der Waals surface area contributed by atoms with Gasteiger partial charge < -0.3 is 5.11 Å². The third-order valence-electron chi connectivity index (χ3n) is 3.01. The van der Waals surface area contributed by atoms with Crippen LogP contribution in [-0.4, -0.2) is 19.9 Å². The molecule has 0 bridgehead atoms. The van der Waals surface area contributed by atoms with Crippen LogP contribution < -0.4 is 0 Å². The van der Waals surface area contributed by atoms with E-state index in [4.69, 9.17) is 0 Å². The third-order valence-corrected chi connectivity index (χ3v) is 3.01. The molecule has 0 saturated heterocycles. The molecular weight excluding hydrogens is 226 g/mol. The number of aliphatic hydroxyl groups is 1. The topological polar surface area (TPSA) is 50.9 Å². The maximum absolute atomic E-state index is 10.2. The third kappa shape index (κ3) is 2.76. The van der Waals surface area contributed by atoms with Crippen molar-refractivity contribution in [2.24, 2.45) is 0 Å². The summed E-state index contributed by atoms with van der Waals surface area (Å²) in [6, 6.07) is 5.86. The van der Waals surface area contributed by atoms with Crippen molar-refractivity contribution in [3.8, 4) is 0 Å². The molecule has 0 radical (unpaired) electrons. The standard InChI is InChI=1S/C14H19N3O/c1-4-17-13(7-11(3)16-17)8-14(18)12-6-5-10(2)15-9-12/h5-7,9,14,18H,4,8H2,1-3H3. The molecule has 0 spiro atoms. The number of hydrogen-bond donors (Lipinski definition) is 1. The van der Waals surface area contributed by atoms with Crippen LogP contribution in [0.25, 0.3) is 0 Å². The zero-order valence-electron chi connectivity index (χ0n) is 11.1. The Balaban J connectivity index is 2.15. The Morgan fingerprint density at radius 1 is 1.28 bits per heavy atom. The highest BCUT2D eigenvalue weighted by Gasteiger charge is 2.12. The zero-order valence-corrected chi connectivity index (χ0v) is 11.1. The lowest BCUT2D eigenvalue weighted by atomic mass is 10.1. The van der Waals surface area contributed by atoms with Gasteiger partial charge in [0.25, 0.3) is 0 Å². The Morgan fingerprint density at radius 3 is 2.67 bits per heavy atom. The molecule has 4 heteroatoms. The van der Waals surface area contributed by atoms with Crippen LogP contribution in [-0.2, 0) is 13.0 Å². The molecule has 2 rings (SSSR count). The van der Waals surface area contributed by atoms with E-state index in [0.29, 0.717) is 6.42 Å². The summed E-state index contributed by atoms with van der Waals surface area (Å²) in [7, 11) is 0. The maximum Gasteiger partial charge on any atom is 0.0860 e. The number of aliphatic hydroxyl groups excluding tert-OH is 1. The van der Waals surface area contributed by atoms with Crippen molar-refractivity contribution in [3.63, 3.8) is 0 Å². The number of aryl methyl sites for hydroxylation is 3. The monoisotopic (exact) mass is 245 g/mol. The number of rotatable bonds is 4. The molecule has 0 aromatic carbocycles. The average molecular weight is 245 g/mol. The molecule has 2 aromatic heterocycles. The Hall–Kier alpha value is -1.68. The minimum atomic E-state index is -0.528. The van der Waals surface area contributed by atoms with Gasteiger partial charge in [-0.15, -0.1) is 0 Å². The molecule has 0 aliphatic rings. The van der Waals surface area contributed by atoms with Crippen LogP contribution in [0, 0.1) is 13.8 Å². The van der Waals surface area contributed by atoms with Crippen LogP contribution >= 0.6 is 0 Å². The fourth-order valence-corrected chi connectivity index (χ4v) is 2.03. The van der Waals surface area contributed by atoms with E-state index in [2.05, 4.69) is 17.0 Å². The number of aromatic nitrogens is 3. The van der Waals surface area contributed by atoms with Crippen molar-refractivity contribution >= 4 is 0 Å². The maximum atomic E-state index is 10.2. The second-order valence-electron chi connectivity index (χ2n) is 4.55. The van der Waals surface area contributed by atoms with Crippen LogP contribution in [0.5, 0.6) is 0 Å². The van der Waals surface area contributed by atoms with Gasteiger partial charge in [-0.3, -0.25) is 9.67 Å². The number of pyridine rings is 1. The van der Waals surface area contributed by atoms with Gasteiger partial charge in [-0.2, -0.15) is 5.10 Å². The minimum Gasteiger partial charge on any atom is -0.388 e. The predicted molar refractivity (Wildman–Crippen MR) is 70.3 cm³/mol. The first kappa shape index (κ1) is 12.8. The highest BCUT2D eigenvalue weighted by molar-refractivity contribution is 5.19. The zero-order chi connectivity index (χ0) is 13.1. The van der Waals surface area contributed by atoms with E-state index in [9.17, 15) is 5.11 Å². The summed E-state index contributed by atoms with van der Waals surface area (Å²) < 4.78 is 1.93. The van der Waals surface area contributed by atoms with Crippen LogP contribution in [0.2, 0.25) is 0 Å². The van der Waals surface area contributed by atoms with Gasteiger partial charge in [-0.05, 0) is 38.5 Å². The molecule has 1 atom stereocenters. The molecule has 0 amide bonds. The quantitative estimate of drug-likeness (QED) is 0.898. The highest BCUT2D eigenvalue weighted by Crippen LogP contribution is 2.18. The lowest BCUT2D eigenvalue weighted by Gasteiger charge is -2.11. The first-order valence-corrected chi connectivity index (χ1v) is 6.24. The lowest BCUT2D eigenvalue weighted by molar-refractivity contribution is 0.175. The Labute approximate surface area is 107 Å². The highest BCUT2D eigenvalue weighted by atomic mass is 16.3. The van der Waals surface area contributed by atoms with E-state index < -0.39 is 6.10 Å². The largest absolute Gasteiger partial charge is 0.388 e. The van der Waals surface area contributed by atoms with Gasteiger partial charge in [0.15, 0.2) is 0 Å². The molecule has 2 aromatic rings. The molecule has 1 N–H and O–H groups in total. The lowest BCUT2D eigenvalue weighted by Crippen LogP contribution is -2.08. The van der Waals surface area contributed by atoms with Gasteiger partial charge in [-0.1, -0.05) is 6.07 Å². The summed E-state index contributed by atoms with van der Waals surface area (Å²) in [5, 5.41) is 14.6. The second-order valence-corrected chi connectivity index (χ2v) is 4.55. The van der Waals surface area contributed by atoms with Crippen molar-refractivity contribution in [1.82, 2.24) is 14.8 Å². The van der Waals surface area contributed by atoms with Crippen molar-refractivity contribution in [3.05, 3.63) is 47.0 Å². The van der Waals surface area contributed by atoms with Gasteiger partial charge in [0.1, 0.15) is 0 Å². The number of nitrogens with zero attached hydrogens (tertiary/aromatic N) is 3. The van der Waals surface area contributed by atoms with E-state index in [-0.39, 0.29) is 0 Å². The molecule has 2 heterocycles. The van der Waals surface area contributed by atoms with Crippen molar-refractivity contribution in [2.75, 3.05) is 0 Å². The molecule has 1 unspecified atom stereocenters. The summed E-state index contributed by atoms with van der Waals surface area (Å²) in [5.41, 5.74) is 3.85. The molecule has 0 aliphatic carbocycles. The molecule has 96 valence electrons. The first-order valence-electron chi connectivity index (χ1n) is 6.24. The Bertz CT molecular complexity index is 516. The summed E-state index contributed by atoms with van der Waals surface area (Å²) in [6.45, 7) is 6.78. The summed E-state index contributed by atoms with van der Waals surface area (Å²) >= 11 is 0. The molecule has 0 aliphatic heterocycles. The molecular formula is C14H19N3O. The first-order chi connectivity index (χ1) is 8.60. The molecule has 4 nitrogen and oxygen atoms in total. The Morgan fingerprint density at radius 2 is 2.06 bits per heavy atom. The van der Waals surface area contributed by atoms with E-state index in [1.807, 2.05) is 36.7 Å². The minimum absolute atomic E-state index is 0.528. The van der Waals surface area contributed by atoms with Crippen molar-refractivity contribution < 1.29 is 5.11 Å². The second kappa shape index (κ2) is 5.31. The summed E-state index contributed by atoms with van der Waals surface area (Å²) in [4.78, 5) is 4.21. The van der Waals surface area contributed by atoms with Gasteiger partial charge in [0.05, 0.1) is 11.8 Å². The SMILES string of the molecule is CCn1nc(C)cc1CC(O)c1ccc(C)nc1. The average Bonchev–Trinajstić information content (AvgIpc) is 2.70. The van der Waals surface area contributed by atoms with Gasteiger partial charge in [-0.25, -0.2) is 0 Å². The van der Waals surface area contributed by atoms with Crippen LogP contribution in [0.1, 0.15) is 35.7 Å². The van der Waals surface area contributed by atoms with Crippen LogP contribution in [0.4, 0.5) is 0 Å². The van der Waals surface area contributed by atoms with Crippen molar-refractivity contribution in [2.45, 2.75) is 39.8 Å². The molecule has 18 heavy (non-hydrogen) atoms. The van der Waals surface area contributed by atoms with Crippen molar-refractivity contribution in [1.29, 1.82) is 0 Å². The van der Waals surface area contributed by atoms with Crippen LogP contribution in [0.15, 0.2) is 24.4 Å². The van der Waals surface area contributed by atoms with E-state index >= 15 is 0 Å². The number of hydrogen-bond acceptors (Lipinski definition) is 3. The molecule has 0 saturated carbocycles. The van der Waals surface area contributed by atoms with E-state index in [1.165, 1.54) is 0 Å². The van der Waals surface area contributed by atoms with Gasteiger partial charge >= 0.3 is 0 Å². The van der Waals surface area contributed by atoms with Gasteiger partial charge in [0.2, 0.25) is 0 Å². The fourth-order valence-electron chi connectivity index (χ4n) is 2.03. The predicted octanol–water partition coefficient (Wildman–Crippen LogP) is 2.19. The Kier molecular flexibility index (Phi) is 3.77. The fraction of sp³-hybridized carbons (Fsp3) is 0.429. The van der Waals surface area contributed by atoms with Crippen LogP contribution in [0.3, 0.4) is 0 Å². The van der Waals surface area contributed by atoms with Gasteiger partial charge in [0, 0.05) is 30.6 Å². The normalized spacial score (nSPS) is 12.7. The van der Waals surface area contributed by atoms with E-state index in [0.717, 1.165) is 29.2 Å². The smallest absolute Gasteiger partial charge is 0.0860 e. The molecule has 0 fully saturated rings. The van der Waals surface area contributed by atoms with E-state index in [1.54, 1.807) is 6.20 Å². The summed E-state index contributed by atoms with van der Waals surface area (Å²) in [5.74, 6) is 0. The summed E-state index contributed by atoms with van der Waals surface area (Å²) in [6.07, 6.45) is 1.78.